The van der Waals surface area contributed by atoms with E-state index >= 15 is 0 Å². The van der Waals surface area contributed by atoms with Crippen molar-refractivity contribution in [1.29, 1.82) is 0 Å². The fourth-order valence-electron chi connectivity index (χ4n) is 1.70. The molecule has 0 spiro atoms. The molecular weight excluding hydrogens is 256 g/mol. The Balaban J connectivity index is 2.33. The van der Waals surface area contributed by atoms with Gasteiger partial charge in [0.05, 0.1) is 25.4 Å². The molecule has 0 aliphatic carbocycles. The van der Waals surface area contributed by atoms with Crippen molar-refractivity contribution in [1.82, 2.24) is 9.55 Å². The van der Waals surface area contributed by atoms with Crippen LogP contribution >= 0.6 is 0 Å². The standard InChI is InChI=1S/C11H14N2O6/c14-3-1-2-7-4-13(11(17)12-10(7)16)8-6-18-9(5-15)19-8/h1-2,4,8-9,14-15H,3,5-6H2,(H,12,16,17)/t8-,9-/m1/s1. The van der Waals surface area contributed by atoms with Gasteiger partial charge in [0.15, 0.2) is 12.5 Å². The molecule has 0 radical (unpaired) electrons. The van der Waals surface area contributed by atoms with Gasteiger partial charge in [0.25, 0.3) is 5.56 Å². The van der Waals surface area contributed by atoms with Gasteiger partial charge in [-0.15, -0.1) is 0 Å². The molecule has 3 N–H and O–H groups in total. The zero-order valence-corrected chi connectivity index (χ0v) is 9.98. The Labute approximate surface area is 107 Å². The Morgan fingerprint density at radius 2 is 2.26 bits per heavy atom. The highest BCUT2D eigenvalue weighted by molar-refractivity contribution is 5.46. The first-order chi connectivity index (χ1) is 9.15. The molecule has 1 aromatic heterocycles. The molecule has 19 heavy (non-hydrogen) atoms. The van der Waals surface area contributed by atoms with Crippen LogP contribution in [0.1, 0.15) is 11.8 Å². The Morgan fingerprint density at radius 1 is 1.47 bits per heavy atom. The van der Waals surface area contributed by atoms with Crippen molar-refractivity contribution >= 4 is 6.08 Å². The Hall–Kier alpha value is -1.74. The van der Waals surface area contributed by atoms with Crippen molar-refractivity contribution in [2.45, 2.75) is 12.5 Å². The third kappa shape index (κ3) is 2.99. The van der Waals surface area contributed by atoms with Gasteiger partial charge >= 0.3 is 5.69 Å². The first-order valence-electron chi connectivity index (χ1n) is 5.66. The predicted molar refractivity (Wildman–Crippen MR) is 64.4 cm³/mol. The van der Waals surface area contributed by atoms with E-state index in [1.54, 1.807) is 0 Å². The summed E-state index contributed by atoms with van der Waals surface area (Å²) in [5, 5.41) is 17.6. The molecule has 2 rings (SSSR count). The van der Waals surface area contributed by atoms with Crippen LogP contribution in [0, 0.1) is 0 Å². The second kappa shape index (κ2) is 5.93. The van der Waals surface area contributed by atoms with E-state index in [1.165, 1.54) is 22.9 Å². The number of H-pyrrole nitrogens is 1. The molecule has 1 aliphatic rings. The molecule has 104 valence electrons. The van der Waals surface area contributed by atoms with Gasteiger partial charge in [0.2, 0.25) is 0 Å². The van der Waals surface area contributed by atoms with Gasteiger partial charge in [-0.25, -0.2) is 4.79 Å². The molecule has 1 fully saturated rings. The van der Waals surface area contributed by atoms with E-state index in [-0.39, 0.29) is 25.4 Å². The fourth-order valence-corrected chi connectivity index (χ4v) is 1.70. The summed E-state index contributed by atoms with van der Waals surface area (Å²) in [6.07, 6.45) is 2.61. The fraction of sp³-hybridized carbons (Fsp3) is 0.455. The van der Waals surface area contributed by atoms with E-state index in [9.17, 15) is 9.59 Å². The van der Waals surface area contributed by atoms with Gasteiger partial charge in [0, 0.05) is 6.20 Å². The minimum absolute atomic E-state index is 0.0976. The molecule has 8 heteroatoms. The number of aliphatic hydroxyl groups is 2. The molecule has 0 bridgehead atoms. The van der Waals surface area contributed by atoms with E-state index in [2.05, 4.69) is 4.98 Å². The summed E-state index contributed by atoms with van der Waals surface area (Å²) >= 11 is 0. The first kappa shape index (κ1) is 13.7. The van der Waals surface area contributed by atoms with Gasteiger partial charge in [0.1, 0.15) is 0 Å². The van der Waals surface area contributed by atoms with Crippen LogP contribution in [0.25, 0.3) is 6.08 Å². The molecule has 2 atom stereocenters. The summed E-state index contributed by atoms with van der Waals surface area (Å²) in [5.41, 5.74) is -0.966. The molecule has 0 amide bonds. The number of ether oxygens (including phenoxy) is 2. The second-order valence-electron chi connectivity index (χ2n) is 3.87. The Kier molecular flexibility index (Phi) is 4.27. The summed E-state index contributed by atoms with van der Waals surface area (Å²) in [5.74, 6) is 0. The van der Waals surface area contributed by atoms with E-state index in [1.807, 2.05) is 0 Å². The van der Waals surface area contributed by atoms with Gasteiger partial charge in [-0.05, 0) is 6.08 Å². The third-order valence-electron chi connectivity index (χ3n) is 2.59. The molecule has 2 heterocycles. The zero-order chi connectivity index (χ0) is 13.8. The molecule has 0 unspecified atom stereocenters. The average Bonchev–Trinajstić information content (AvgIpc) is 2.86. The Bertz CT molecular complexity index is 575. The average molecular weight is 270 g/mol. The number of aliphatic hydroxyl groups excluding tert-OH is 2. The van der Waals surface area contributed by atoms with Gasteiger partial charge in [-0.2, -0.15) is 0 Å². The van der Waals surface area contributed by atoms with Gasteiger partial charge < -0.3 is 19.7 Å². The molecule has 1 saturated heterocycles. The topological polar surface area (TPSA) is 114 Å². The van der Waals surface area contributed by atoms with Crippen LogP contribution in [0.15, 0.2) is 21.9 Å². The first-order valence-corrected chi connectivity index (χ1v) is 5.66. The number of hydrogen-bond acceptors (Lipinski definition) is 6. The maximum absolute atomic E-state index is 11.7. The number of hydrogen-bond donors (Lipinski definition) is 3. The van der Waals surface area contributed by atoms with Crippen molar-refractivity contribution < 1.29 is 19.7 Å². The highest BCUT2D eigenvalue weighted by atomic mass is 16.7. The van der Waals surface area contributed by atoms with Crippen LogP contribution in [-0.4, -0.2) is 45.9 Å². The number of nitrogens with zero attached hydrogens (tertiary/aromatic N) is 1. The summed E-state index contributed by atoms with van der Waals surface area (Å²) in [6.45, 7) is -0.430. The van der Waals surface area contributed by atoms with Crippen LogP contribution in [0.2, 0.25) is 0 Å². The van der Waals surface area contributed by atoms with E-state index in [4.69, 9.17) is 19.7 Å². The Morgan fingerprint density at radius 3 is 2.89 bits per heavy atom. The minimum Gasteiger partial charge on any atom is -0.392 e. The van der Waals surface area contributed by atoms with Crippen LogP contribution < -0.4 is 11.2 Å². The van der Waals surface area contributed by atoms with Crippen molar-refractivity contribution in [3.63, 3.8) is 0 Å². The summed E-state index contributed by atoms with van der Waals surface area (Å²) in [6, 6.07) is 0. The molecule has 8 nitrogen and oxygen atoms in total. The lowest BCUT2D eigenvalue weighted by atomic mass is 10.3. The lowest BCUT2D eigenvalue weighted by Gasteiger charge is -2.12. The monoisotopic (exact) mass is 270 g/mol. The van der Waals surface area contributed by atoms with Crippen molar-refractivity contribution in [2.75, 3.05) is 19.8 Å². The van der Waals surface area contributed by atoms with Gasteiger partial charge in [-0.3, -0.25) is 14.3 Å². The molecule has 1 aromatic rings. The van der Waals surface area contributed by atoms with E-state index in [0.29, 0.717) is 0 Å². The summed E-state index contributed by atoms with van der Waals surface area (Å²) in [4.78, 5) is 25.4. The number of rotatable bonds is 4. The number of nitrogens with one attached hydrogen (secondary N) is 1. The lowest BCUT2D eigenvalue weighted by molar-refractivity contribution is -0.0993. The highest BCUT2D eigenvalue weighted by Crippen LogP contribution is 2.18. The zero-order valence-electron chi connectivity index (χ0n) is 9.98. The highest BCUT2D eigenvalue weighted by Gasteiger charge is 2.27. The van der Waals surface area contributed by atoms with Crippen LogP contribution in [0.4, 0.5) is 0 Å². The molecule has 1 aliphatic heterocycles. The number of aromatic nitrogens is 2. The SMILES string of the molecule is O=c1[nH]c(=O)n([C@H]2CO[C@@H](CO)O2)cc1C=CCO. The largest absolute Gasteiger partial charge is 0.392 e. The predicted octanol–water partition coefficient (Wildman–Crippen LogP) is -1.59. The van der Waals surface area contributed by atoms with Crippen molar-refractivity contribution in [3.05, 3.63) is 38.7 Å². The lowest BCUT2D eigenvalue weighted by Crippen LogP contribution is -2.34. The quantitative estimate of drug-likeness (QED) is 0.607. The van der Waals surface area contributed by atoms with Crippen molar-refractivity contribution in [2.24, 2.45) is 0 Å². The maximum Gasteiger partial charge on any atom is 0.330 e. The third-order valence-corrected chi connectivity index (χ3v) is 2.59. The normalized spacial score (nSPS) is 23.3. The van der Waals surface area contributed by atoms with E-state index < -0.39 is 23.8 Å². The molecular formula is C11H14N2O6. The van der Waals surface area contributed by atoms with Crippen LogP contribution in [0.3, 0.4) is 0 Å². The summed E-state index contributed by atoms with van der Waals surface area (Å²) in [7, 11) is 0. The van der Waals surface area contributed by atoms with Crippen molar-refractivity contribution in [3.8, 4) is 0 Å². The van der Waals surface area contributed by atoms with Crippen LogP contribution in [0.5, 0.6) is 0 Å². The molecule has 0 aromatic carbocycles. The second-order valence-corrected chi connectivity index (χ2v) is 3.87. The minimum atomic E-state index is -0.778. The maximum atomic E-state index is 11.7. The van der Waals surface area contributed by atoms with Gasteiger partial charge in [-0.1, -0.05) is 6.08 Å². The summed E-state index contributed by atoms with van der Waals surface area (Å²) < 4.78 is 11.5. The smallest absolute Gasteiger partial charge is 0.330 e. The van der Waals surface area contributed by atoms with Crippen LogP contribution in [-0.2, 0) is 9.47 Å². The molecule has 0 saturated carbocycles. The number of aromatic amines is 1. The van der Waals surface area contributed by atoms with E-state index in [0.717, 1.165) is 0 Å².